The first-order valence-corrected chi connectivity index (χ1v) is 8.05. The number of rotatable bonds is 3. The molecule has 2 nitrogen and oxygen atoms in total. The lowest BCUT2D eigenvalue weighted by atomic mass is 10.3. The molecule has 0 saturated carbocycles. The lowest BCUT2D eigenvalue weighted by Crippen LogP contribution is -1.99. The summed E-state index contributed by atoms with van der Waals surface area (Å²) < 4.78 is 3.09. The molecule has 2 rings (SSSR count). The van der Waals surface area contributed by atoms with E-state index < -0.39 is 0 Å². The van der Waals surface area contributed by atoms with Crippen molar-refractivity contribution in [2.75, 3.05) is 5.32 Å². The third-order valence-corrected chi connectivity index (χ3v) is 4.74. The van der Waals surface area contributed by atoms with Gasteiger partial charge < -0.3 is 5.32 Å². The SMILES string of the molecule is Cc1ncc(CNc2c(Br)cc(Br)cc2Br)s1. The summed E-state index contributed by atoms with van der Waals surface area (Å²) in [5.74, 6) is 0. The Bertz CT molecular complexity index is 516. The van der Waals surface area contributed by atoms with Gasteiger partial charge in [-0.25, -0.2) is 4.98 Å². The fraction of sp³-hybridized carbons (Fsp3) is 0.182. The van der Waals surface area contributed by atoms with Gasteiger partial charge in [0.1, 0.15) is 0 Å². The number of aryl methyl sites for hydroxylation is 1. The molecule has 17 heavy (non-hydrogen) atoms. The van der Waals surface area contributed by atoms with Crippen LogP contribution in [-0.2, 0) is 6.54 Å². The van der Waals surface area contributed by atoms with E-state index in [2.05, 4.69) is 58.1 Å². The summed E-state index contributed by atoms with van der Waals surface area (Å²) in [6.45, 7) is 2.80. The summed E-state index contributed by atoms with van der Waals surface area (Å²) in [5, 5.41) is 4.49. The Kier molecular flexibility index (Phi) is 4.63. The molecule has 0 fully saturated rings. The van der Waals surface area contributed by atoms with E-state index in [1.54, 1.807) is 11.3 Å². The molecule has 0 aliphatic rings. The van der Waals surface area contributed by atoms with Gasteiger partial charge in [0, 0.05) is 24.5 Å². The molecule has 0 aliphatic carbocycles. The number of halogens is 3. The number of hydrogen-bond acceptors (Lipinski definition) is 3. The number of anilines is 1. The van der Waals surface area contributed by atoms with Crippen molar-refractivity contribution in [2.45, 2.75) is 13.5 Å². The normalized spacial score (nSPS) is 10.6. The maximum Gasteiger partial charge on any atom is 0.0897 e. The second-order valence-electron chi connectivity index (χ2n) is 3.44. The van der Waals surface area contributed by atoms with E-state index in [0.717, 1.165) is 30.7 Å². The highest BCUT2D eigenvalue weighted by Crippen LogP contribution is 2.34. The molecule has 0 spiro atoms. The van der Waals surface area contributed by atoms with Gasteiger partial charge in [-0.05, 0) is 50.9 Å². The molecule has 6 heteroatoms. The highest BCUT2D eigenvalue weighted by atomic mass is 79.9. The molecule has 0 aliphatic heterocycles. The second-order valence-corrected chi connectivity index (χ2v) is 7.39. The Morgan fingerprint density at radius 3 is 2.41 bits per heavy atom. The molecular formula is C11H9Br3N2S. The summed E-state index contributed by atoms with van der Waals surface area (Å²) in [6.07, 6.45) is 1.91. The molecule has 1 N–H and O–H groups in total. The van der Waals surface area contributed by atoms with Crippen LogP contribution >= 0.6 is 59.1 Å². The van der Waals surface area contributed by atoms with Gasteiger partial charge in [-0.15, -0.1) is 11.3 Å². The minimum absolute atomic E-state index is 0.782. The van der Waals surface area contributed by atoms with Gasteiger partial charge in [0.05, 0.1) is 17.2 Å². The summed E-state index contributed by atoms with van der Waals surface area (Å²) in [6, 6.07) is 4.04. The molecule has 0 radical (unpaired) electrons. The fourth-order valence-corrected chi connectivity index (χ4v) is 4.65. The van der Waals surface area contributed by atoms with Gasteiger partial charge in [0.2, 0.25) is 0 Å². The average molecular weight is 441 g/mol. The minimum Gasteiger partial charge on any atom is -0.378 e. The highest BCUT2D eigenvalue weighted by Gasteiger charge is 2.07. The molecule has 2 aromatic rings. The molecule has 90 valence electrons. The molecule has 1 aromatic carbocycles. The number of nitrogens with zero attached hydrogens (tertiary/aromatic N) is 1. The molecule has 0 bridgehead atoms. The van der Waals surface area contributed by atoms with E-state index in [-0.39, 0.29) is 0 Å². The van der Waals surface area contributed by atoms with Crippen LogP contribution in [-0.4, -0.2) is 4.98 Å². The van der Waals surface area contributed by atoms with Crippen LogP contribution < -0.4 is 5.32 Å². The number of hydrogen-bond donors (Lipinski definition) is 1. The summed E-state index contributed by atoms with van der Waals surface area (Å²) in [7, 11) is 0. The van der Waals surface area contributed by atoms with Gasteiger partial charge in [0.25, 0.3) is 0 Å². The summed E-state index contributed by atoms with van der Waals surface area (Å²) >= 11 is 12.2. The maximum atomic E-state index is 4.24. The number of nitrogens with one attached hydrogen (secondary N) is 1. The van der Waals surface area contributed by atoms with Gasteiger partial charge in [0.15, 0.2) is 0 Å². The van der Waals surface area contributed by atoms with Crippen molar-refractivity contribution in [3.8, 4) is 0 Å². The first kappa shape index (κ1) is 13.5. The predicted molar refractivity (Wildman–Crippen MR) is 83.7 cm³/mol. The third kappa shape index (κ3) is 3.53. The molecule has 0 saturated heterocycles. The smallest absolute Gasteiger partial charge is 0.0897 e. The Morgan fingerprint density at radius 1 is 1.24 bits per heavy atom. The quantitative estimate of drug-likeness (QED) is 0.695. The van der Waals surface area contributed by atoms with Crippen molar-refractivity contribution in [3.63, 3.8) is 0 Å². The van der Waals surface area contributed by atoms with Crippen LogP contribution in [0.3, 0.4) is 0 Å². The van der Waals surface area contributed by atoms with Crippen LogP contribution in [0.15, 0.2) is 31.7 Å². The Hall–Kier alpha value is 0.0900. The summed E-state index contributed by atoms with van der Waals surface area (Å²) in [4.78, 5) is 5.46. The van der Waals surface area contributed by atoms with Crippen LogP contribution in [0, 0.1) is 6.92 Å². The van der Waals surface area contributed by atoms with Crippen LogP contribution in [0.2, 0.25) is 0 Å². The fourth-order valence-electron chi connectivity index (χ4n) is 1.37. The molecule has 0 amide bonds. The average Bonchev–Trinajstić information content (AvgIpc) is 2.62. The van der Waals surface area contributed by atoms with E-state index in [9.17, 15) is 0 Å². The topological polar surface area (TPSA) is 24.9 Å². The lowest BCUT2D eigenvalue weighted by molar-refractivity contribution is 1.16. The Balaban J connectivity index is 2.14. The van der Waals surface area contributed by atoms with Crippen LogP contribution in [0.25, 0.3) is 0 Å². The molecule has 1 heterocycles. The Morgan fingerprint density at radius 2 is 1.88 bits per heavy atom. The first-order valence-electron chi connectivity index (χ1n) is 4.86. The van der Waals surface area contributed by atoms with Gasteiger partial charge >= 0.3 is 0 Å². The van der Waals surface area contributed by atoms with E-state index in [1.807, 2.05) is 25.3 Å². The van der Waals surface area contributed by atoms with E-state index in [0.29, 0.717) is 0 Å². The lowest BCUT2D eigenvalue weighted by Gasteiger charge is -2.10. The van der Waals surface area contributed by atoms with Crippen LogP contribution in [0.4, 0.5) is 5.69 Å². The summed E-state index contributed by atoms with van der Waals surface area (Å²) in [5.41, 5.74) is 1.05. The predicted octanol–water partition coefficient (Wildman–Crippen LogP) is 5.35. The standard InChI is InChI=1S/C11H9Br3N2S/c1-6-15-4-8(17-6)5-16-11-9(13)2-7(12)3-10(11)14/h2-4,16H,5H2,1H3. The zero-order valence-electron chi connectivity index (χ0n) is 8.93. The Labute approximate surface area is 129 Å². The van der Waals surface area contributed by atoms with E-state index in [4.69, 9.17) is 0 Å². The van der Waals surface area contributed by atoms with Crippen molar-refractivity contribution in [2.24, 2.45) is 0 Å². The molecular weight excluding hydrogens is 432 g/mol. The zero-order chi connectivity index (χ0) is 12.4. The second kappa shape index (κ2) is 5.82. The number of benzene rings is 1. The number of thiazole rings is 1. The maximum absolute atomic E-state index is 4.24. The van der Waals surface area contributed by atoms with Gasteiger partial charge in [-0.2, -0.15) is 0 Å². The monoisotopic (exact) mass is 438 g/mol. The van der Waals surface area contributed by atoms with E-state index in [1.165, 1.54) is 4.88 Å². The van der Waals surface area contributed by atoms with Crippen molar-refractivity contribution < 1.29 is 0 Å². The number of aromatic nitrogens is 1. The first-order chi connectivity index (χ1) is 8.06. The van der Waals surface area contributed by atoms with Crippen LogP contribution in [0.1, 0.15) is 9.88 Å². The molecule has 1 aromatic heterocycles. The minimum atomic E-state index is 0.782. The van der Waals surface area contributed by atoms with E-state index >= 15 is 0 Å². The van der Waals surface area contributed by atoms with Gasteiger partial charge in [-0.3, -0.25) is 0 Å². The van der Waals surface area contributed by atoms with Crippen LogP contribution in [0.5, 0.6) is 0 Å². The van der Waals surface area contributed by atoms with Crippen molar-refractivity contribution in [1.29, 1.82) is 0 Å². The van der Waals surface area contributed by atoms with Gasteiger partial charge in [-0.1, -0.05) is 15.9 Å². The third-order valence-electron chi connectivity index (χ3n) is 2.12. The highest BCUT2D eigenvalue weighted by molar-refractivity contribution is 9.11. The van der Waals surface area contributed by atoms with Crippen molar-refractivity contribution >= 4 is 64.8 Å². The molecule has 0 atom stereocenters. The molecule has 0 unspecified atom stereocenters. The largest absolute Gasteiger partial charge is 0.378 e. The van der Waals surface area contributed by atoms with Crippen molar-refractivity contribution in [3.05, 3.63) is 41.6 Å². The van der Waals surface area contributed by atoms with Crippen molar-refractivity contribution in [1.82, 2.24) is 4.98 Å². The zero-order valence-corrected chi connectivity index (χ0v) is 14.5.